The number of imide groups is 1. The largest absolute Gasteiger partial charge is 0.493 e. The zero-order valence-electron chi connectivity index (χ0n) is 21.1. The van der Waals surface area contributed by atoms with Gasteiger partial charge in [-0.15, -0.1) is 0 Å². The highest BCUT2D eigenvalue weighted by Crippen LogP contribution is 2.45. The lowest BCUT2D eigenvalue weighted by Crippen LogP contribution is -2.36. The molecule has 1 aliphatic heterocycles. The van der Waals surface area contributed by atoms with Crippen molar-refractivity contribution in [2.24, 2.45) is 11.8 Å². The van der Waals surface area contributed by atoms with Crippen molar-refractivity contribution < 1.29 is 33.4 Å². The topological polar surface area (TPSA) is 99.2 Å². The molecule has 2 fully saturated rings. The predicted molar refractivity (Wildman–Crippen MR) is 137 cm³/mol. The van der Waals surface area contributed by atoms with Gasteiger partial charge in [0.05, 0.1) is 37.8 Å². The van der Waals surface area contributed by atoms with Gasteiger partial charge < -0.3 is 14.2 Å². The molecule has 0 N–H and O–H groups in total. The molecule has 2 bridgehead atoms. The Labute approximate surface area is 219 Å². The van der Waals surface area contributed by atoms with Crippen molar-refractivity contribution in [3.8, 4) is 11.5 Å². The first-order chi connectivity index (χ1) is 18.4. The van der Waals surface area contributed by atoms with E-state index in [1.807, 2.05) is 24.3 Å². The van der Waals surface area contributed by atoms with Crippen LogP contribution < -0.4 is 9.47 Å². The molecule has 4 unspecified atom stereocenters. The van der Waals surface area contributed by atoms with Crippen molar-refractivity contribution in [1.29, 1.82) is 0 Å². The van der Waals surface area contributed by atoms with Crippen molar-refractivity contribution in [3.05, 3.63) is 71.3 Å². The van der Waals surface area contributed by atoms with Crippen LogP contribution in [0, 0.1) is 11.8 Å². The SMILES string of the molecule is COC(=O)CC(c1ccc(OC)c(OC2C(=O)C3CCC2C3)c1)N1C(=O)c2cc3ccccc3cc2C1=O. The van der Waals surface area contributed by atoms with E-state index in [0.717, 1.165) is 34.9 Å². The van der Waals surface area contributed by atoms with Gasteiger partial charge in [-0.1, -0.05) is 30.3 Å². The van der Waals surface area contributed by atoms with Crippen LogP contribution in [0.3, 0.4) is 0 Å². The summed E-state index contributed by atoms with van der Waals surface area (Å²) < 4.78 is 16.6. The summed E-state index contributed by atoms with van der Waals surface area (Å²) in [6, 6.07) is 15.0. The number of Topliss-reactive ketones (excluding diaryl/α,β-unsaturated/α-hetero) is 1. The number of amides is 2. The first kappa shape index (κ1) is 24.2. The van der Waals surface area contributed by atoms with E-state index in [0.29, 0.717) is 28.2 Å². The maximum atomic E-state index is 13.6. The van der Waals surface area contributed by atoms with Gasteiger partial charge in [0, 0.05) is 11.8 Å². The van der Waals surface area contributed by atoms with Crippen LogP contribution in [0.1, 0.15) is 58.0 Å². The number of fused-ring (bicyclic) bond motifs is 4. The molecule has 2 saturated carbocycles. The van der Waals surface area contributed by atoms with E-state index >= 15 is 0 Å². The lowest BCUT2D eigenvalue weighted by atomic mass is 9.96. The fourth-order valence-electron chi connectivity index (χ4n) is 6.13. The van der Waals surface area contributed by atoms with E-state index < -0.39 is 29.9 Å². The first-order valence-electron chi connectivity index (χ1n) is 12.8. The van der Waals surface area contributed by atoms with E-state index in [2.05, 4.69) is 0 Å². The van der Waals surface area contributed by atoms with Crippen molar-refractivity contribution in [1.82, 2.24) is 4.90 Å². The van der Waals surface area contributed by atoms with Crippen LogP contribution >= 0.6 is 0 Å². The molecule has 2 amide bonds. The van der Waals surface area contributed by atoms with Gasteiger partial charge >= 0.3 is 5.97 Å². The van der Waals surface area contributed by atoms with Gasteiger partial charge in [-0.2, -0.15) is 0 Å². The van der Waals surface area contributed by atoms with Gasteiger partial charge in [-0.3, -0.25) is 24.1 Å². The van der Waals surface area contributed by atoms with E-state index in [1.165, 1.54) is 14.2 Å². The van der Waals surface area contributed by atoms with Crippen LogP contribution in [0.25, 0.3) is 10.8 Å². The van der Waals surface area contributed by atoms with Crippen LogP contribution in [0.4, 0.5) is 0 Å². The number of carbonyl (C=O) groups excluding carboxylic acids is 4. The summed E-state index contributed by atoms with van der Waals surface area (Å²) in [4.78, 5) is 53.6. The number of carbonyl (C=O) groups is 4. The maximum absolute atomic E-state index is 13.6. The zero-order chi connectivity index (χ0) is 26.6. The highest BCUT2D eigenvalue weighted by atomic mass is 16.5. The number of ketones is 1. The summed E-state index contributed by atoms with van der Waals surface area (Å²) in [6.45, 7) is 0. The van der Waals surface area contributed by atoms with Crippen LogP contribution in [-0.4, -0.2) is 48.8 Å². The second kappa shape index (κ2) is 9.28. The molecular weight excluding hydrogens is 486 g/mol. The van der Waals surface area contributed by atoms with Gasteiger partial charge in [-0.25, -0.2) is 0 Å². The highest BCUT2D eigenvalue weighted by molar-refractivity contribution is 6.23. The van der Waals surface area contributed by atoms with Crippen molar-refractivity contribution >= 4 is 34.3 Å². The van der Waals surface area contributed by atoms with Gasteiger partial charge in [0.2, 0.25) is 0 Å². The van der Waals surface area contributed by atoms with Crippen LogP contribution in [0.2, 0.25) is 0 Å². The molecule has 3 aromatic carbocycles. The molecule has 4 atom stereocenters. The lowest BCUT2D eigenvalue weighted by Gasteiger charge is -2.27. The molecule has 0 radical (unpaired) electrons. The molecule has 0 aromatic heterocycles. The summed E-state index contributed by atoms with van der Waals surface area (Å²) in [5.41, 5.74) is 1.09. The molecule has 3 aromatic rings. The fourth-order valence-corrected chi connectivity index (χ4v) is 6.13. The molecule has 0 spiro atoms. The standard InChI is InChI=1S/C30H27NO7/c1-36-24-10-9-18(14-25(24)38-28-20-8-7-19(11-20)27(28)33)23(15-26(32)37-2)31-29(34)21-12-16-5-3-4-6-17(16)13-22(21)30(31)35/h3-6,9-10,12-14,19-20,23,28H,7-8,11,15H2,1-2H3. The average molecular weight is 514 g/mol. The number of esters is 1. The predicted octanol–water partition coefficient (Wildman–Crippen LogP) is 4.50. The molecule has 0 saturated heterocycles. The van der Waals surface area contributed by atoms with E-state index in [-0.39, 0.29) is 24.0 Å². The molecular formula is C30H27NO7. The van der Waals surface area contributed by atoms with Gasteiger partial charge in [0.1, 0.15) is 0 Å². The van der Waals surface area contributed by atoms with Crippen LogP contribution in [-0.2, 0) is 14.3 Å². The Bertz CT molecular complexity index is 1440. The van der Waals surface area contributed by atoms with Crippen molar-refractivity contribution in [2.45, 2.75) is 37.8 Å². The minimum Gasteiger partial charge on any atom is -0.493 e. The van der Waals surface area contributed by atoms with E-state index in [4.69, 9.17) is 14.2 Å². The smallest absolute Gasteiger partial charge is 0.307 e. The Morgan fingerprint density at radius 3 is 2.18 bits per heavy atom. The average Bonchev–Trinajstić information content (AvgIpc) is 3.60. The number of benzene rings is 3. The second-order valence-corrected chi connectivity index (χ2v) is 10.1. The Morgan fingerprint density at radius 2 is 1.61 bits per heavy atom. The van der Waals surface area contributed by atoms with Crippen LogP contribution in [0.15, 0.2) is 54.6 Å². The number of hydrogen-bond donors (Lipinski definition) is 0. The monoisotopic (exact) mass is 513 g/mol. The molecule has 8 heteroatoms. The molecule has 38 heavy (non-hydrogen) atoms. The Morgan fingerprint density at radius 1 is 0.921 bits per heavy atom. The number of hydrogen-bond acceptors (Lipinski definition) is 7. The summed E-state index contributed by atoms with van der Waals surface area (Å²) in [7, 11) is 2.77. The molecule has 1 heterocycles. The summed E-state index contributed by atoms with van der Waals surface area (Å²) in [5, 5.41) is 1.68. The molecule has 2 aliphatic carbocycles. The number of methoxy groups -OCH3 is 2. The van der Waals surface area contributed by atoms with Crippen LogP contribution in [0.5, 0.6) is 11.5 Å². The van der Waals surface area contributed by atoms with E-state index in [1.54, 1.807) is 30.3 Å². The number of ether oxygens (including phenoxy) is 3. The fraction of sp³-hybridized carbons (Fsp3) is 0.333. The molecule has 8 nitrogen and oxygen atoms in total. The molecule has 6 rings (SSSR count). The zero-order valence-corrected chi connectivity index (χ0v) is 21.1. The van der Waals surface area contributed by atoms with Gasteiger partial charge in [0.15, 0.2) is 23.4 Å². The lowest BCUT2D eigenvalue weighted by molar-refractivity contribution is -0.141. The van der Waals surface area contributed by atoms with Crippen molar-refractivity contribution in [2.75, 3.05) is 14.2 Å². The third-order valence-electron chi connectivity index (χ3n) is 8.09. The normalized spacial score (nSPS) is 22.6. The second-order valence-electron chi connectivity index (χ2n) is 10.1. The number of rotatable bonds is 7. The van der Waals surface area contributed by atoms with Crippen molar-refractivity contribution in [3.63, 3.8) is 0 Å². The summed E-state index contributed by atoms with van der Waals surface area (Å²) in [5.74, 6) is -0.456. The van der Waals surface area contributed by atoms with Gasteiger partial charge in [-0.05, 0) is 59.9 Å². The Kier molecular flexibility index (Phi) is 5.90. The first-order valence-corrected chi connectivity index (χ1v) is 12.8. The number of nitrogens with zero attached hydrogens (tertiary/aromatic N) is 1. The van der Waals surface area contributed by atoms with Gasteiger partial charge in [0.25, 0.3) is 11.8 Å². The highest BCUT2D eigenvalue weighted by Gasteiger charge is 2.49. The molecule has 3 aliphatic rings. The maximum Gasteiger partial charge on any atom is 0.307 e. The Balaban J connectivity index is 1.39. The Hall–Kier alpha value is -4.20. The summed E-state index contributed by atoms with van der Waals surface area (Å²) in [6.07, 6.45) is 1.89. The summed E-state index contributed by atoms with van der Waals surface area (Å²) >= 11 is 0. The molecule has 194 valence electrons. The minimum atomic E-state index is -0.943. The third-order valence-corrected chi connectivity index (χ3v) is 8.09. The third kappa shape index (κ3) is 3.83. The minimum absolute atomic E-state index is 0.0418. The quantitative estimate of drug-likeness (QED) is 0.339. The van der Waals surface area contributed by atoms with E-state index in [9.17, 15) is 19.2 Å².